The maximum atomic E-state index is 9.88. The second-order valence-corrected chi connectivity index (χ2v) is 4.81. The predicted molar refractivity (Wildman–Crippen MR) is 68.9 cm³/mol. The number of rotatable bonds is 5. The van der Waals surface area contributed by atoms with Gasteiger partial charge in [-0.2, -0.15) is 0 Å². The molecule has 90 valence electrons. The normalized spacial score (nSPS) is 15.1. The Kier molecular flexibility index (Phi) is 4.81. The number of phenolic OH excluding ortho intramolecular Hbond substituents is 1. The van der Waals surface area contributed by atoms with Crippen LogP contribution in [0.2, 0.25) is 0 Å². The smallest absolute Gasteiger partial charge is 0.119 e. The van der Waals surface area contributed by atoms with Crippen LogP contribution in [0.3, 0.4) is 0 Å². The molecule has 2 nitrogen and oxygen atoms in total. The summed E-state index contributed by atoms with van der Waals surface area (Å²) in [5.74, 6) is 1.41. The minimum atomic E-state index is 0.431. The fourth-order valence-electron chi connectivity index (χ4n) is 2.43. The van der Waals surface area contributed by atoms with Crippen molar-refractivity contribution in [3.63, 3.8) is 0 Å². The lowest BCUT2D eigenvalue weighted by atomic mass is 9.84. The van der Waals surface area contributed by atoms with Gasteiger partial charge in [-0.25, -0.2) is 0 Å². The van der Waals surface area contributed by atoms with Crippen LogP contribution >= 0.6 is 0 Å². The predicted octanol–water partition coefficient (Wildman–Crippen LogP) is 3.08. The Labute approximate surface area is 98.9 Å². The van der Waals surface area contributed by atoms with Gasteiger partial charge in [0.1, 0.15) is 5.75 Å². The van der Waals surface area contributed by atoms with Crippen LogP contribution in [0.15, 0.2) is 24.3 Å². The number of hydrogen-bond acceptors (Lipinski definition) is 2. The summed E-state index contributed by atoms with van der Waals surface area (Å²) in [6, 6.07) is 7.69. The molecule has 16 heavy (non-hydrogen) atoms. The molecule has 1 aromatic rings. The molecule has 2 heteroatoms. The third-order valence-electron chi connectivity index (χ3n) is 3.12. The molecule has 0 aromatic heterocycles. The fourth-order valence-corrected chi connectivity index (χ4v) is 2.43. The van der Waals surface area contributed by atoms with Gasteiger partial charge in [0.05, 0.1) is 0 Å². The largest absolute Gasteiger partial charge is 0.508 e. The summed E-state index contributed by atoms with van der Waals surface area (Å²) in [4.78, 5) is 2.20. The molecule has 0 fully saturated rings. The summed E-state index contributed by atoms with van der Waals surface area (Å²) in [5.41, 5.74) is 1.08. The first-order valence-corrected chi connectivity index (χ1v) is 5.98. The molecule has 0 bridgehead atoms. The van der Waals surface area contributed by atoms with Crippen LogP contribution in [0, 0.1) is 5.92 Å². The molecule has 0 aliphatic rings. The zero-order valence-corrected chi connectivity index (χ0v) is 10.8. The number of phenols is 1. The minimum absolute atomic E-state index is 0.431. The van der Waals surface area contributed by atoms with E-state index in [9.17, 15) is 5.11 Å². The van der Waals surface area contributed by atoms with Crippen molar-refractivity contribution in [2.24, 2.45) is 5.92 Å². The van der Waals surface area contributed by atoms with Crippen molar-refractivity contribution in [1.29, 1.82) is 0 Å². The summed E-state index contributed by atoms with van der Waals surface area (Å²) < 4.78 is 0. The van der Waals surface area contributed by atoms with Gasteiger partial charge in [-0.3, -0.25) is 0 Å². The van der Waals surface area contributed by atoms with Crippen molar-refractivity contribution in [2.45, 2.75) is 26.2 Å². The van der Waals surface area contributed by atoms with E-state index < -0.39 is 0 Å². The number of aromatic hydroxyl groups is 1. The number of nitrogens with zero attached hydrogens (tertiary/aromatic N) is 1. The van der Waals surface area contributed by atoms with Crippen molar-refractivity contribution in [3.05, 3.63) is 29.8 Å². The van der Waals surface area contributed by atoms with Gasteiger partial charge >= 0.3 is 0 Å². The first-order valence-electron chi connectivity index (χ1n) is 5.98. The van der Waals surface area contributed by atoms with Gasteiger partial charge in [0, 0.05) is 6.54 Å². The van der Waals surface area contributed by atoms with E-state index in [0.717, 1.165) is 18.5 Å². The molecule has 1 aromatic carbocycles. The Morgan fingerprint density at radius 1 is 1.25 bits per heavy atom. The Hall–Kier alpha value is -1.02. The molecular weight excluding hydrogens is 198 g/mol. The second-order valence-electron chi connectivity index (χ2n) is 4.81. The van der Waals surface area contributed by atoms with Gasteiger partial charge < -0.3 is 10.0 Å². The van der Waals surface area contributed by atoms with E-state index in [4.69, 9.17) is 0 Å². The van der Waals surface area contributed by atoms with Crippen LogP contribution < -0.4 is 0 Å². The van der Waals surface area contributed by atoms with Crippen LogP contribution in [-0.2, 0) is 0 Å². The highest BCUT2D eigenvalue weighted by Crippen LogP contribution is 2.33. The van der Waals surface area contributed by atoms with E-state index in [1.54, 1.807) is 6.07 Å². The molecule has 1 rings (SSSR count). The Bertz CT molecular complexity index is 322. The van der Waals surface area contributed by atoms with E-state index in [1.807, 2.05) is 18.2 Å². The quantitative estimate of drug-likeness (QED) is 0.826. The molecule has 0 amide bonds. The fraction of sp³-hybridized carbons (Fsp3) is 0.571. The van der Waals surface area contributed by atoms with E-state index in [0.29, 0.717) is 17.6 Å². The van der Waals surface area contributed by atoms with Gasteiger partial charge in [0.15, 0.2) is 0 Å². The van der Waals surface area contributed by atoms with Crippen LogP contribution in [0.25, 0.3) is 0 Å². The van der Waals surface area contributed by atoms with Crippen LogP contribution in [0.5, 0.6) is 5.75 Å². The maximum Gasteiger partial charge on any atom is 0.119 e. The van der Waals surface area contributed by atoms with Crippen LogP contribution in [0.1, 0.15) is 31.7 Å². The van der Waals surface area contributed by atoms with Gasteiger partial charge in [0.25, 0.3) is 0 Å². The molecular formula is C14H23NO. The third-order valence-corrected chi connectivity index (χ3v) is 3.12. The summed E-state index contributed by atoms with van der Waals surface area (Å²) in [6.07, 6.45) is 1.06. The topological polar surface area (TPSA) is 23.5 Å². The summed E-state index contributed by atoms with van der Waals surface area (Å²) in [5, 5.41) is 9.88. The van der Waals surface area contributed by atoms with Crippen LogP contribution in [-0.4, -0.2) is 30.6 Å². The van der Waals surface area contributed by atoms with Crippen molar-refractivity contribution in [2.75, 3.05) is 20.6 Å². The monoisotopic (exact) mass is 221 g/mol. The lowest BCUT2D eigenvalue weighted by Crippen LogP contribution is -2.24. The average molecular weight is 221 g/mol. The zero-order valence-electron chi connectivity index (χ0n) is 10.8. The zero-order chi connectivity index (χ0) is 12.1. The summed E-state index contributed by atoms with van der Waals surface area (Å²) >= 11 is 0. The lowest BCUT2D eigenvalue weighted by Gasteiger charge is -2.26. The average Bonchev–Trinajstić information content (AvgIpc) is 2.20. The number of para-hydroxylation sites is 1. The molecule has 0 spiro atoms. The number of hydrogen-bond donors (Lipinski definition) is 1. The molecule has 0 saturated carbocycles. The molecule has 0 heterocycles. The Morgan fingerprint density at radius 3 is 2.38 bits per heavy atom. The van der Waals surface area contributed by atoms with Crippen molar-refractivity contribution in [1.82, 2.24) is 4.90 Å². The van der Waals surface area contributed by atoms with E-state index in [2.05, 4.69) is 32.8 Å². The highest BCUT2D eigenvalue weighted by Gasteiger charge is 2.20. The first-order chi connectivity index (χ1) is 7.56. The standard InChI is InChI=1S/C14H23NO/c1-5-12(11(2)10-15(3)4)13-8-6-7-9-14(13)16/h6-9,11-12,16H,5,10H2,1-4H3/t11-,12+/m0/s1. The Balaban J connectivity index is 2.86. The molecule has 0 radical (unpaired) electrons. The second kappa shape index (κ2) is 5.90. The maximum absolute atomic E-state index is 9.88. The SMILES string of the molecule is CC[C@@H](c1ccccc1O)[C@@H](C)CN(C)C. The first kappa shape index (κ1) is 13.0. The highest BCUT2D eigenvalue weighted by molar-refractivity contribution is 5.35. The van der Waals surface area contributed by atoms with E-state index in [1.165, 1.54) is 0 Å². The summed E-state index contributed by atoms with van der Waals surface area (Å²) in [7, 11) is 4.18. The highest BCUT2D eigenvalue weighted by atomic mass is 16.3. The van der Waals surface area contributed by atoms with Crippen molar-refractivity contribution in [3.8, 4) is 5.75 Å². The molecule has 2 atom stereocenters. The van der Waals surface area contributed by atoms with E-state index in [-0.39, 0.29) is 0 Å². The summed E-state index contributed by atoms with van der Waals surface area (Å²) in [6.45, 7) is 5.48. The Morgan fingerprint density at radius 2 is 1.88 bits per heavy atom. The number of benzene rings is 1. The third kappa shape index (κ3) is 3.24. The minimum Gasteiger partial charge on any atom is -0.508 e. The van der Waals surface area contributed by atoms with Gasteiger partial charge in [0.2, 0.25) is 0 Å². The molecule has 0 aliphatic heterocycles. The van der Waals surface area contributed by atoms with E-state index >= 15 is 0 Å². The van der Waals surface area contributed by atoms with Crippen LogP contribution in [0.4, 0.5) is 0 Å². The molecule has 1 N–H and O–H groups in total. The van der Waals surface area contributed by atoms with Crippen molar-refractivity contribution >= 4 is 0 Å². The molecule has 0 unspecified atom stereocenters. The molecule has 0 saturated heterocycles. The molecule has 0 aliphatic carbocycles. The van der Waals surface area contributed by atoms with Crippen molar-refractivity contribution < 1.29 is 5.11 Å². The lowest BCUT2D eigenvalue weighted by molar-refractivity contribution is 0.298. The van der Waals surface area contributed by atoms with Gasteiger partial charge in [-0.05, 0) is 44.0 Å². The van der Waals surface area contributed by atoms with Gasteiger partial charge in [-0.1, -0.05) is 32.0 Å². The van der Waals surface area contributed by atoms with Gasteiger partial charge in [-0.15, -0.1) is 0 Å².